The summed E-state index contributed by atoms with van der Waals surface area (Å²) >= 11 is 1.50. The normalized spacial score (nSPS) is 15.9. The van der Waals surface area contributed by atoms with Crippen LogP contribution in [0.25, 0.3) is 10.6 Å². The summed E-state index contributed by atoms with van der Waals surface area (Å²) in [5.41, 5.74) is 1.51. The van der Waals surface area contributed by atoms with Crippen molar-refractivity contribution in [3.8, 4) is 16.3 Å². The number of nitrogens with one attached hydrogen (secondary N) is 1. The van der Waals surface area contributed by atoms with Crippen molar-refractivity contribution in [2.24, 2.45) is 0 Å². The Morgan fingerprint density at radius 3 is 2.64 bits per heavy atom. The highest BCUT2D eigenvalue weighted by molar-refractivity contribution is 7.13. The highest BCUT2D eigenvalue weighted by Crippen LogP contribution is 2.26. The lowest BCUT2D eigenvalue weighted by molar-refractivity contribution is 0.0908. The first-order valence-corrected chi connectivity index (χ1v) is 9.79. The number of amides is 1. The minimum atomic E-state index is -0.0663. The van der Waals surface area contributed by atoms with Gasteiger partial charge < -0.3 is 15.0 Å². The highest BCUT2D eigenvalue weighted by Gasteiger charge is 2.21. The van der Waals surface area contributed by atoms with Crippen LogP contribution >= 0.6 is 11.3 Å². The van der Waals surface area contributed by atoms with Crippen molar-refractivity contribution in [2.45, 2.75) is 32.7 Å². The van der Waals surface area contributed by atoms with Crippen molar-refractivity contribution in [3.05, 3.63) is 35.3 Å². The van der Waals surface area contributed by atoms with E-state index in [4.69, 9.17) is 4.74 Å². The van der Waals surface area contributed by atoms with Crippen LogP contribution in [0.5, 0.6) is 5.75 Å². The first kappa shape index (κ1) is 17.9. The van der Waals surface area contributed by atoms with Crippen LogP contribution in [0.4, 0.5) is 0 Å². The zero-order valence-corrected chi connectivity index (χ0v) is 15.6. The highest BCUT2D eigenvalue weighted by atomic mass is 32.1. The Hall–Kier alpha value is -1.92. The van der Waals surface area contributed by atoms with Gasteiger partial charge in [0, 0.05) is 30.1 Å². The molecule has 2 heterocycles. The fraction of sp³-hybridized carbons (Fsp3) is 0.474. The molecule has 6 heteroatoms. The van der Waals surface area contributed by atoms with E-state index in [1.54, 1.807) is 0 Å². The second kappa shape index (κ2) is 8.45. The quantitative estimate of drug-likeness (QED) is 0.859. The Bertz CT molecular complexity index is 691. The number of thiazole rings is 1. The van der Waals surface area contributed by atoms with Crippen molar-refractivity contribution in [1.29, 1.82) is 0 Å². The number of aromatic nitrogens is 1. The molecule has 0 aliphatic carbocycles. The van der Waals surface area contributed by atoms with Gasteiger partial charge in [0.2, 0.25) is 0 Å². The maximum Gasteiger partial charge on any atom is 0.270 e. The van der Waals surface area contributed by atoms with Gasteiger partial charge in [0.15, 0.2) is 0 Å². The van der Waals surface area contributed by atoms with Crippen LogP contribution in [0.1, 0.15) is 37.2 Å². The van der Waals surface area contributed by atoms with Gasteiger partial charge in [-0.25, -0.2) is 4.98 Å². The van der Waals surface area contributed by atoms with Gasteiger partial charge in [-0.15, -0.1) is 11.3 Å². The van der Waals surface area contributed by atoms with E-state index in [1.807, 2.05) is 36.6 Å². The molecule has 1 aliphatic heterocycles. The molecule has 25 heavy (non-hydrogen) atoms. The molecule has 1 saturated heterocycles. The molecule has 0 bridgehead atoms. The van der Waals surface area contributed by atoms with Crippen LogP contribution in [-0.4, -0.2) is 48.1 Å². The summed E-state index contributed by atoms with van der Waals surface area (Å²) in [6.45, 7) is 7.98. The van der Waals surface area contributed by atoms with Gasteiger partial charge in [-0.3, -0.25) is 4.79 Å². The fourth-order valence-electron chi connectivity index (χ4n) is 3.02. The first-order chi connectivity index (χ1) is 12.2. The molecule has 0 saturated carbocycles. The van der Waals surface area contributed by atoms with E-state index in [-0.39, 0.29) is 11.9 Å². The molecule has 1 amide bonds. The number of nitrogens with zero attached hydrogens (tertiary/aromatic N) is 2. The summed E-state index contributed by atoms with van der Waals surface area (Å²) in [6, 6.07) is 8.08. The van der Waals surface area contributed by atoms with E-state index in [0.29, 0.717) is 12.3 Å². The number of likely N-dealkylation sites (tertiary alicyclic amines) is 1. The number of ether oxygens (including phenoxy) is 1. The molecule has 2 aromatic rings. The molecular weight excluding hydrogens is 334 g/mol. The van der Waals surface area contributed by atoms with E-state index in [0.717, 1.165) is 48.8 Å². The molecule has 134 valence electrons. The molecule has 1 aromatic heterocycles. The Morgan fingerprint density at radius 2 is 2.00 bits per heavy atom. The second-order valence-electron chi connectivity index (χ2n) is 6.18. The van der Waals surface area contributed by atoms with Gasteiger partial charge in [-0.05, 0) is 50.6 Å². The third kappa shape index (κ3) is 4.58. The third-order valence-corrected chi connectivity index (χ3v) is 5.41. The molecule has 1 fully saturated rings. The maximum absolute atomic E-state index is 12.4. The number of benzene rings is 1. The number of carbonyl (C=O) groups is 1. The van der Waals surface area contributed by atoms with Gasteiger partial charge in [0.25, 0.3) is 5.91 Å². The Balaban J connectivity index is 1.60. The summed E-state index contributed by atoms with van der Waals surface area (Å²) in [5, 5.41) is 5.82. The maximum atomic E-state index is 12.4. The minimum Gasteiger partial charge on any atom is -0.494 e. The van der Waals surface area contributed by atoms with Gasteiger partial charge in [0.1, 0.15) is 16.5 Å². The van der Waals surface area contributed by atoms with Crippen LogP contribution in [0.2, 0.25) is 0 Å². The third-order valence-electron chi connectivity index (χ3n) is 4.52. The molecule has 0 atom stereocenters. The van der Waals surface area contributed by atoms with Crippen molar-refractivity contribution in [1.82, 2.24) is 15.2 Å². The van der Waals surface area contributed by atoms with E-state index in [2.05, 4.69) is 22.1 Å². The van der Waals surface area contributed by atoms with Crippen molar-refractivity contribution in [3.63, 3.8) is 0 Å². The van der Waals surface area contributed by atoms with E-state index >= 15 is 0 Å². The predicted octanol–water partition coefficient (Wildman–Crippen LogP) is 3.42. The number of carbonyl (C=O) groups excluding carboxylic acids is 1. The van der Waals surface area contributed by atoms with Crippen LogP contribution in [0.15, 0.2) is 29.6 Å². The molecule has 1 N–H and O–H groups in total. The smallest absolute Gasteiger partial charge is 0.270 e. The number of piperidine rings is 1. The largest absolute Gasteiger partial charge is 0.494 e. The van der Waals surface area contributed by atoms with Crippen molar-refractivity contribution >= 4 is 17.2 Å². The second-order valence-corrected chi connectivity index (χ2v) is 7.04. The van der Waals surface area contributed by atoms with Gasteiger partial charge in [-0.1, -0.05) is 6.92 Å². The molecular formula is C19H25N3O2S. The monoisotopic (exact) mass is 359 g/mol. The molecule has 0 spiro atoms. The lowest BCUT2D eigenvalue weighted by atomic mass is 10.1. The lowest BCUT2D eigenvalue weighted by Crippen LogP contribution is -2.44. The molecule has 1 aromatic carbocycles. The van der Waals surface area contributed by atoms with E-state index in [9.17, 15) is 4.79 Å². The Labute approximate surface area is 153 Å². The minimum absolute atomic E-state index is 0.0663. The molecule has 1 aliphatic rings. The number of rotatable bonds is 6. The summed E-state index contributed by atoms with van der Waals surface area (Å²) < 4.78 is 5.46. The van der Waals surface area contributed by atoms with E-state index < -0.39 is 0 Å². The standard InChI is InChI=1S/C19H25N3O2S/c1-3-22-11-9-15(10-12-22)20-18(23)17-13-25-19(21-17)14-5-7-16(8-6-14)24-4-2/h5-8,13,15H,3-4,9-12H2,1-2H3,(H,20,23). The van der Waals surface area contributed by atoms with Crippen LogP contribution in [0, 0.1) is 0 Å². The average Bonchev–Trinajstić information content (AvgIpc) is 3.13. The summed E-state index contributed by atoms with van der Waals surface area (Å²) in [5.74, 6) is 0.780. The van der Waals surface area contributed by atoms with Crippen molar-refractivity contribution in [2.75, 3.05) is 26.2 Å². The number of hydrogen-bond donors (Lipinski definition) is 1. The number of hydrogen-bond acceptors (Lipinski definition) is 5. The molecule has 3 rings (SSSR count). The lowest BCUT2D eigenvalue weighted by Gasteiger charge is -2.31. The van der Waals surface area contributed by atoms with Crippen LogP contribution in [-0.2, 0) is 0 Å². The van der Waals surface area contributed by atoms with E-state index in [1.165, 1.54) is 11.3 Å². The molecule has 0 unspecified atom stereocenters. The molecule has 0 radical (unpaired) electrons. The molecule has 5 nitrogen and oxygen atoms in total. The Morgan fingerprint density at radius 1 is 1.28 bits per heavy atom. The van der Waals surface area contributed by atoms with Crippen LogP contribution < -0.4 is 10.1 Å². The zero-order chi connectivity index (χ0) is 17.6. The summed E-state index contributed by atoms with van der Waals surface area (Å²) in [6.07, 6.45) is 2.02. The topological polar surface area (TPSA) is 54.5 Å². The average molecular weight is 359 g/mol. The van der Waals surface area contributed by atoms with Crippen LogP contribution in [0.3, 0.4) is 0 Å². The predicted molar refractivity (Wildman–Crippen MR) is 101 cm³/mol. The first-order valence-electron chi connectivity index (χ1n) is 8.91. The van der Waals surface area contributed by atoms with Gasteiger partial charge in [-0.2, -0.15) is 0 Å². The SMILES string of the molecule is CCOc1ccc(-c2nc(C(=O)NC3CCN(CC)CC3)cs2)cc1. The zero-order valence-electron chi connectivity index (χ0n) is 14.8. The fourth-order valence-corrected chi connectivity index (χ4v) is 3.83. The van der Waals surface area contributed by atoms with Crippen molar-refractivity contribution < 1.29 is 9.53 Å². The Kier molecular flexibility index (Phi) is 6.04. The summed E-state index contributed by atoms with van der Waals surface area (Å²) in [4.78, 5) is 19.4. The van der Waals surface area contributed by atoms with Gasteiger partial charge in [0.05, 0.1) is 6.61 Å². The summed E-state index contributed by atoms with van der Waals surface area (Å²) in [7, 11) is 0. The van der Waals surface area contributed by atoms with Gasteiger partial charge >= 0.3 is 0 Å².